The summed E-state index contributed by atoms with van der Waals surface area (Å²) in [6.07, 6.45) is 0. The number of nitrogens with zero attached hydrogens (tertiary/aromatic N) is 1. The van der Waals surface area contributed by atoms with Gasteiger partial charge in [0.15, 0.2) is 0 Å². The summed E-state index contributed by atoms with van der Waals surface area (Å²) >= 11 is 0. The summed E-state index contributed by atoms with van der Waals surface area (Å²) in [6.45, 7) is 5.29. The van der Waals surface area contributed by atoms with Crippen molar-refractivity contribution in [3.8, 4) is 0 Å². The highest BCUT2D eigenvalue weighted by Crippen LogP contribution is 2.29. The molecule has 1 fully saturated rings. The molecule has 8 nitrogen and oxygen atoms in total. The Labute approximate surface area is 158 Å². The minimum absolute atomic E-state index is 0.156. The standard InChI is InChI=1S/C19H25N3O5/c1-13-16(18(23)27-12-11-25-2)17(21-19(24)20-13)14-3-5-15(6-4-14)22-7-9-26-10-8-22/h3-6,17H,7-12H2,1-2H3,(H2,20,21,24). The molecule has 0 spiro atoms. The normalized spacial score (nSPS) is 20.1. The average molecular weight is 375 g/mol. The van der Waals surface area contributed by atoms with E-state index in [2.05, 4.69) is 15.5 Å². The first kappa shape index (κ1) is 19.2. The molecule has 2 heterocycles. The lowest BCUT2D eigenvalue weighted by atomic mass is 9.95. The topological polar surface area (TPSA) is 89.1 Å². The molecule has 1 aromatic carbocycles. The number of carbonyl (C=O) groups is 2. The van der Waals surface area contributed by atoms with Crippen molar-refractivity contribution in [2.45, 2.75) is 13.0 Å². The van der Waals surface area contributed by atoms with E-state index in [1.54, 1.807) is 14.0 Å². The highest BCUT2D eigenvalue weighted by molar-refractivity contribution is 5.95. The zero-order chi connectivity index (χ0) is 19.2. The molecule has 146 valence electrons. The third-order valence-electron chi connectivity index (χ3n) is 4.61. The van der Waals surface area contributed by atoms with Crippen LogP contribution >= 0.6 is 0 Å². The van der Waals surface area contributed by atoms with Gasteiger partial charge in [-0.15, -0.1) is 0 Å². The first-order valence-electron chi connectivity index (χ1n) is 8.97. The summed E-state index contributed by atoms with van der Waals surface area (Å²) < 4.78 is 15.6. The van der Waals surface area contributed by atoms with Crippen molar-refractivity contribution in [3.63, 3.8) is 0 Å². The average Bonchev–Trinajstić information content (AvgIpc) is 2.68. The van der Waals surface area contributed by atoms with Gasteiger partial charge in [0.2, 0.25) is 0 Å². The Balaban J connectivity index is 1.80. The molecule has 0 saturated carbocycles. The second kappa shape index (κ2) is 8.88. The van der Waals surface area contributed by atoms with Gasteiger partial charge in [-0.05, 0) is 24.6 Å². The van der Waals surface area contributed by atoms with Crippen LogP contribution in [0, 0.1) is 0 Å². The maximum atomic E-state index is 12.5. The number of rotatable bonds is 6. The van der Waals surface area contributed by atoms with Crippen molar-refractivity contribution in [2.75, 3.05) is 51.5 Å². The zero-order valence-electron chi connectivity index (χ0n) is 15.6. The van der Waals surface area contributed by atoms with Gasteiger partial charge in [0.05, 0.1) is 31.4 Å². The smallest absolute Gasteiger partial charge is 0.338 e. The number of esters is 1. The summed E-state index contributed by atoms with van der Waals surface area (Å²) in [5.74, 6) is -0.473. The van der Waals surface area contributed by atoms with Crippen LogP contribution in [0.25, 0.3) is 0 Å². The first-order valence-corrected chi connectivity index (χ1v) is 8.97. The van der Waals surface area contributed by atoms with E-state index in [0.717, 1.165) is 24.3 Å². The Morgan fingerprint density at radius 2 is 1.93 bits per heavy atom. The third kappa shape index (κ3) is 4.58. The van der Waals surface area contributed by atoms with Crippen molar-refractivity contribution in [2.24, 2.45) is 0 Å². The van der Waals surface area contributed by atoms with E-state index in [1.165, 1.54) is 0 Å². The van der Waals surface area contributed by atoms with E-state index in [-0.39, 0.29) is 12.6 Å². The van der Waals surface area contributed by atoms with E-state index < -0.39 is 12.0 Å². The highest BCUT2D eigenvalue weighted by atomic mass is 16.6. The van der Waals surface area contributed by atoms with E-state index in [9.17, 15) is 9.59 Å². The minimum atomic E-state index is -0.562. The number of morpholine rings is 1. The highest BCUT2D eigenvalue weighted by Gasteiger charge is 2.32. The lowest BCUT2D eigenvalue weighted by Gasteiger charge is -2.30. The van der Waals surface area contributed by atoms with Crippen LogP contribution in [0.1, 0.15) is 18.5 Å². The summed E-state index contributed by atoms with van der Waals surface area (Å²) in [5, 5.41) is 5.45. The Bertz CT molecular complexity index is 711. The zero-order valence-corrected chi connectivity index (χ0v) is 15.6. The van der Waals surface area contributed by atoms with Crippen LogP contribution in [-0.4, -0.2) is 58.6 Å². The number of methoxy groups -OCH3 is 1. The number of benzene rings is 1. The molecule has 0 bridgehead atoms. The van der Waals surface area contributed by atoms with Crippen LogP contribution in [0.15, 0.2) is 35.5 Å². The summed E-state index contributed by atoms with van der Waals surface area (Å²) in [4.78, 5) is 26.7. The number of hydrogen-bond acceptors (Lipinski definition) is 6. The molecule has 1 saturated heterocycles. The Morgan fingerprint density at radius 3 is 2.59 bits per heavy atom. The van der Waals surface area contributed by atoms with Gasteiger partial charge < -0.3 is 29.7 Å². The molecule has 2 amide bonds. The van der Waals surface area contributed by atoms with Gasteiger partial charge in [0.1, 0.15) is 6.61 Å². The van der Waals surface area contributed by atoms with Gasteiger partial charge in [0, 0.05) is 31.6 Å². The van der Waals surface area contributed by atoms with Crippen molar-refractivity contribution in [1.29, 1.82) is 0 Å². The van der Waals surface area contributed by atoms with E-state index >= 15 is 0 Å². The second-order valence-electron chi connectivity index (χ2n) is 6.39. The number of carbonyl (C=O) groups excluding carboxylic acids is 2. The minimum Gasteiger partial charge on any atom is -0.460 e. The molecular formula is C19H25N3O5. The summed E-state index contributed by atoms with van der Waals surface area (Å²) in [5.41, 5.74) is 2.79. The number of ether oxygens (including phenoxy) is 3. The Morgan fingerprint density at radius 1 is 1.22 bits per heavy atom. The van der Waals surface area contributed by atoms with Crippen molar-refractivity contribution in [1.82, 2.24) is 10.6 Å². The molecule has 0 radical (unpaired) electrons. The number of amides is 2. The largest absolute Gasteiger partial charge is 0.460 e. The number of hydrogen-bond donors (Lipinski definition) is 2. The van der Waals surface area contributed by atoms with Crippen LogP contribution in [0.2, 0.25) is 0 Å². The molecule has 1 atom stereocenters. The van der Waals surface area contributed by atoms with Gasteiger partial charge in [-0.25, -0.2) is 9.59 Å². The number of anilines is 1. The summed E-state index contributed by atoms with van der Waals surface area (Å²) in [7, 11) is 1.54. The molecule has 8 heteroatoms. The van der Waals surface area contributed by atoms with Gasteiger partial charge >= 0.3 is 12.0 Å². The first-order chi connectivity index (χ1) is 13.1. The van der Waals surface area contributed by atoms with Crippen LogP contribution in [0.5, 0.6) is 0 Å². The lowest BCUT2D eigenvalue weighted by molar-refractivity contribution is -0.140. The Kier molecular flexibility index (Phi) is 6.31. The second-order valence-corrected chi connectivity index (χ2v) is 6.39. The lowest BCUT2D eigenvalue weighted by Crippen LogP contribution is -2.45. The van der Waals surface area contributed by atoms with Crippen molar-refractivity contribution in [3.05, 3.63) is 41.1 Å². The molecule has 2 aliphatic heterocycles. The fourth-order valence-electron chi connectivity index (χ4n) is 3.21. The van der Waals surface area contributed by atoms with E-state index in [1.807, 2.05) is 24.3 Å². The molecular weight excluding hydrogens is 350 g/mol. The molecule has 0 aliphatic carbocycles. The molecule has 0 aromatic heterocycles. The van der Waals surface area contributed by atoms with E-state index in [4.69, 9.17) is 14.2 Å². The molecule has 3 rings (SSSR count). The van der Waals surface area contributed by atoms with Gasteiger partial charge in [0.25, 0.3) is 0 Å². The van der Waals surface area contributed by atoms with Crippen molar-refractivity contribution < 1.29 is 23.8 Å². The number of nitrogens with one attached hydrogen (secondary N) is 2. The third-order valence-corrected chi connectivity index (χ3v) is 4.61. The number of allylic oxidation sites excluding steroid dienone is 1. The number of urea groups is 1. The fourth-order valence-corrected chi connectivity index (χ4v) is 3.21. The van der Waals surface area contributed by atoms with Crippen LogP contribution in [-0.2, 0) is 19.0 Å². The molecule has 2 aliphatic rings. The maximum absolute atomic E-state index is 12.5. The quantitative estimate of drug-likeness (QED) is 0.576. The van der Waals surface area contributed by atoms with E-state index in [0.29, 0.717) is 31.1 Å². The van der Waals surface area contributed by atoms with Crippen LogP contribution in [0.4, 0.5) is 10.5 Å². The molecule has 1 aromatic rings. The van der Waals surface area contributed by atoms with Crippen LogP contribution in [0.3, 0.4) is 0 Å². The Hall–Kier alpha value is -2.58. The van der Waals surface area contributed by atoms with Crippen molar-refractivity contribution >= 4 is 17.7 Å². The predicted octanol–water partition coefficient (Wildman–Crippen LogP) is 1.34. The maximum Gasteiger partial charge on any atom is 0.338 e. The fraction of sp³-hybridized carbons (Fsp3) is 0.474. The van der Waals surface area contributed by atoms with Gasteiger partial charge in [-0.1, -0.05) is 12.1 Å². The summed E-state index contributed by atoms with van der Waals surface area (Å²) in [6, 6.07) is 6.94. The molecule has 2 N–H and O–H groups in total. The van der Waals surface area contributed by atoms with Gasteiger partial charge in [-0.3, -0.25) is 0 Å². The molecule has 27 heavy (non-hydrogen) atoms. The monoisotopic (exact) mass is 375 g/mol. The SMILES string of the molecule is COCCOC(=O)C1=C(C)NC(=O)NC1c1ccc(N2CCOCC2)cc1. The van der Waals surface area contributed by atoms with Gasteiger partial charge in [-0.2, -0.15) is 0 Å². The molecule has 1 unspecified atom stereocenters. The van der Waals surface area contributed by atoms with Crippen LogP contribution < -0.4 is 15.5 Å². The predicted molar refractivity (Wildman–Crippen MR) is 99.4 cm³/mol.